The molecule has 1 aliphatic rings. The van der Waals surface area contributed by atoms with Gasteiger partial charge in [0.1, 0.15) is 0 Å². The molecule has 0 heteroatoms. The van der Waals surface area contributed by atoms with Gasteiger partial charge >= 0.3 is 0 Å². The van der Waals surface area contributed by atoms with Crippen LogP contribution in [-0.4, -0.2) is 0 Å². The zero-order valence-corrected chi connectivity index (χ0v) is 9.50. The van der Waals surface area contributed by atoms with Crippen LogP contribution in [0.5, 0.6) is 0 Å². The second-order valence-electron chi connectivity index (χ2n) is 5.00. The highest BCUT2D eigenvalue weighted by Crippen LogP contribution is 2.67. The van der Waals surface area contributed by atoms with Crippen LogP contribution in [0.1, 0.15) is 41.5 Å². The van der Waals surface area contributed by atoms with Crippen LogP contribution in [0.4, 0.5) is 0 Å². The van der Waals surface area contributed by atoms with E-state index < -0.39 is 0 Å². The van der Waals surface area contributed by atoms with E-state index in [-0.39, 0.29) is 0 Å². The highest BCUT2D eigenvalue weighted by atomic mass is 14.6. The van der Waals surface area contributed by atoms with Crippen LogP contribution in [0.15, 0.2) is 28.3 Å². The molecular formula is C13H18. The van der Waals surface area contributed by atoms with Gasteiger partial charge in [-0.25, -0.2) is 0 Å². The van der Waals surface area contributed by atoms with Crippen LogP contribution in [0, 0.1) is 10.8 Å². The Kier molecular flexibility index (Phi) is 2.18. The van der Waals surface area contributed by atoms with Gasteiger partial charge in [0.2, 0.25) is 0 Å². The van der Waals surface area contributed by atoms with Crippen molar-refractivity contribution in [3.8, 4) is 0 Å². The fourth-order valence-electron chi connectivity index (χ4n) is 1.56. The third kappa shape index (κ3) is 1.58. The van der Waals surface area contributed by atoms with Gasteiger partial charge in [-0.05, 0) is 30.7 Å². The van der Waals surface area contributed by atoms with E-state index in [1.54, 1.807) is 0 Å². The Hall–Kier alpha value is -0.920. The van der Waals surface area contributed by atoms with Crippen molar-refractivity contribution in [2.24, 2.45) is 10.8 Å². The molecule has 0 nitrogen and oxygen atoms in total. The highest BCUT2D eigenvalue weighted by Gasteiger charge is 2.60. The van der Waals surface area contributed by atoms with Crippen LogP contribution >= 0.6 is 0 Å². The Balaban J connectivity index is 3.18. The van der Waals surface area contributed by atoms with Gasteiger partial charge in [0.15, 0.2) is 0 Å². The largest absolute Gasteiger partial charge is 0.0629 e. The third-order valence-corrected chi connectivity index (χ3v) is 3.25. The van der Waals surface area contributed by atoms with Crippen LogP contribution in [0.25, 0.3) is 0 Å². The lowest BCUT2D eigenvalue weighted by Crippen LogP contribution is -1.95. The molecule has 0 aromatic heterocycles. The number of hydrogen-bond donors (Lipinski definition) is 0. The van der Waals surface area contributed by atoms with E-state index in [0.29, 0.717) is 10.8 Å². The zero-order chi connectivity index (χ0) is 10.3. The molecule has 1 saturated carbocycles. The first-order valence-electron chi connectivity index (χ1n) is 4.75. The molecule has 0 spiro atoms. The molecule has 0 aromatic rings. The third-order valence-electron chi connectivity index (χ3n) is 3.25. The van der Waals surface area contributed by atoms with Gasteiger partial charge in [-0.1, -0.05) is 39.2 Å². The minimum Gasteiger partial charge on any atom is -0.0629 e. The summed E-state index contributed by atoms with van der Waals surface area (Å²) in [4.78, 5) is 0. The topological polar surface area (TPSA) is 0 Å². The lowest BCUT2D eigenvalue weighted by Gasteiger charge is -2.01. The number of rotatable bonds is 0. The molecule has 0 heterocycles. The van der Waals surface area contributed by atoms with Gasteiger partial charge < -0.3 is 0 Å². The monoisotopic (exact) mass is 174 g/mol. The Labute approximate surface area is 81.4 Å². The average Bonchev–Trinajstić information content (AvgIpc) is 2.30. The molecule has 13 heavy (non-hydrogen) atoms. The van der Waals surface area contributed by atoms with Crippen molar-refractivity contribution in [1.82, 2.24) is 0 Å². The van der Waals surface area contributed by atoms with Crippen molar-refractivity contribution >= 4 is 0 Å². The Morgan fingerprint density at radius 3 is 1.77 bits per heavy atom. The lowest BCUT2D eigenvalue weighted by atomic mass is 10.0. The predicted molar refractivity (Wildman–Crippen MR) is 56.5 cm³/mol. The Morgan fingerprint density at radius 2 is 1.46 bits per heavy atom. The maximum absolute atomic E-state index is 3.20. The summed E-state index contributed by atoms with van der Waals surface area (Å²) in [5, 5.41) is 0. The molecule has 0 aliphatic heterocycles. The van der Waals surface area contributed by atoms with Crippen LogP contribution in [0.3, 0.4) is 0 Å². The van der Waals surface area contributed by atoms with Gasteiger partial charge in [-0.2, -0.15) is 0 Å². The molecule has 1 aliphatic carbocycles. The quantitative estimate of drug-likeness (QED) is 0.489. The maximum atomic E-state index is 3.20. The van der Waals surface area contributed by atoms with Crippen molar-refractivity contribution in [1.29, 1.82) is 0 Å². The summed E-state index contributed by atoms with van der Waals surface area (Å²) in [7, 11) is 0. The highest BCUT2D eigenvalue weighted by molar-refractivity contribution is 5.40. The molecule has 0 aromatic carbocycles. The molecule has 0 radical (unpaired) electrons. The lowest BCUT2D eigenvalue weighted by molar-refractivity contribution is 0.457. The molecule has 0 bridgehead atoms. The molecule has 0 N–H and O–H groups in total. The van der Waals surface area contributed by atoms with E-state index >= 15 is 0 Å². The summed E-state index contributed by atoms with van der Waals surface area (Å²) in [6.45, 7) is 13.0. The van der Waals surface area contributed by atoms with E-state index in [1.165, 1.54) is 5.57 Å². The first-order valence-corrected chi connectivity index (χ1v) is 4.75. The summed E-state index contributed by atoms with van der Waals surface area (Å²) in [5.74, 6) is 0. The van der Waals surface area contributed by atoms with E-state index in [4.69, 9.17) is 0 Å². The van der Waals surface area contributed by atoms with Gasteiger partial charge in [0.25, 0.3) is 0 Å². The molecule has 1 rings (SSSR count). The van der Waals surface area contributed by atoms with Gasteiger partial charge in [0, 0.05) is 10.8 Å². The number of allylic oxidation sites excluding steroid dienone is 2. The zero-order valence-electron chi connectivity index (χ0n) is 9.50. The van der Waals surface area contributed by atoms with Crippen molar-refractivity contribution < 1.29 is 0 Å². The fraction of sp³-hybridized carbons (Fsp3) is 0.615. The first kappa shape index (κ1) is 10.2. The second kappa shape index (κ2) is 2.79. The normalized spacial score (nSPS) is 21.2. The first-order chi connectivity index (χ1) is 5.80. The van der Waals surface area contributed by atoms with E-state index in [1.807, 2.05) is 13.8 Å². The Bertz CT molecular complexity index is 339. The SMILES string of the molecule is CC(C)=C=C=C=C1C(C)(C)C1(C)C. The van der Waals surface area contributed by atoms with Crippen LogP contribution in [0.2, 0.25) is 0 Å². The summed E-state index contributed by atoms with van der Waals surface area (Å²) < 4.78 is 0. The minimum atomic E-state index is 0.295. The van der Waals surface area contributed by atoms with Gasteiger partial charge in [-0.3, -0.25) is 0 Å². The summed E-state index contributed by atoms with van der Waals surface area (Å²) in [6.07, 6.45) is 0. The smallest absolute Gasteiger partial charge is 0.00384 e. The molecule has 0 saturated heterocycles. The van der Waals surface area contributed by atoms with Crippen molar-refractivity contribution in [3.63, 3.8) is 0 Å². The fourth-order valence-corrected chi connectivity index (χ4v) is 1.56. The predicted octanol–water partition coefficient (Wildman–Crippen LogP) is 3.85. The van der Waals surface area contributed by atoms with E-state index in [2.05, 4.69) is 44.9 Å². The maximum Gasteiger partial charge on any atom is 0.00384 e. The molecule has 0 amide bonds. The van der Waals surface area contributed by atoms with Crippen LogP contribution < -0.4 is 0 Å². The van der Waals surface area contributed by atoms with Crippen molar-refractivity contribution in [2.45, 2.75) is 41.5 Å². The molecule has 70 valence electrons. The standard InChI is InChI=1S/C13H18/c1-10(2)8-7-9-11-12(3,4)13(11,5)6/h1-6H3. The molecule has 0 unspecified atom stereocenters. The van der Waals surface area contributed by atoms with Gasteiger partial charge in [-0.15, -0.1) is 0 Å². The van der Waals surface area contributed by atoms with Crippen molar-refractivity contribution in [2.75, 3.05) is 0 Å². The summed E-state index contributed by atoms with van der Waals surface area (Å²) in [6, 6.07) is 0. The number of hydrogen-bond acceptors (Lipinski definition) is 0. The second-order valence-corrected chi connectivity index (χ2v) is 5.00. The minimum absolute atomic E-state index is 0.295. The molecule has 0 atom stereocenters. The average molecular weight is 174 g/mol. The van der Waals surface area contributed by atoms with E-state index in [9.17, 15) is 0 Å². The van der Waals surface area contributed by atoms with E-state index in [0.717, 1.165) is 5.57 Å². The summed E-state index contributed by atoms with van der Waals surface area (Å²) >= 11 is 0. The van der Waals surface area contributed by atoms with Gasteiger partial charge in [0.05, 0.1) is 0 Å². The van der Waals surface area contributed by atoms with Crippen molar-refractivity contribution in [3.05, 3.63) is 28.3 Å². The molecule has 1 fully saturated rings. The Morgan fingerprint density at radius 1 is 1.00 bits per heavy atom. The summed E-state index contributed by atoms with van der Waals surface area (Å²) in [5.41, 5.74) is 12.3. The van der Waals surface area contributed by atoms with Crippen LogP contribution in [-0.2, 0) is 0 Å². The molecular weight excluding hydrogens is 156 g/mol.